The van der Waals surface area contributed by atoms with E-state index in [1.807, 2.05) is 19.1 Å². The van der Waals surface area contributed by atoms with E-state index in [4.69, 9.17) is 0 Å². The van der Waals surface area contributed by atoms with Gasteiger partial charge in [-0.05, 0) is 30.5 Å². The van der Waals surface area contributed by atoms with Gasteiger partial charge in [0, 0.05) is 17.2 Å². The molecule has 0 amide bonds. The Labute approximate surface area is 119 Å². The van der Waals surface area contributed by atoms with Crippen LogP contribution in [0.1, 0.15) is 11.1 Å². The lowest BCUT2D eigenvalue weighted by molar-refractivity contribution is 0.592. The number of benzene rings is 1. The normalized spacial score (nSPS) is 14.7. The highest BCUT2D eigenvalue weighted by molar-refractivity contribution is 9.10. The van der Waals surface area contributed by atoms with Crippen LogP contribution in [-0.2, 0) is 16.4 Å². The zero-order chi connectivity index (χ0) is 13.6. The number of fused-ring (bicyclic) bond motifs is 1. The lowest BCUT2D eigenvalue weighted by atomic mass is 10.1. The molecule has 0 unspecified atom stereocenters. The third-order valence-corrected chi connectivity index (χ3v) is 5.97. The summed E-state index contributed by atoms with van der Waals surface area (Å²) in [5.41, 5.74) is 2.80. The highest BCUT2D eigenvalue weighted by Crippen LogP contribution is 2.38. The van der Waals surface area contributed by atoms with Crippen molar-refractivity contribution in [2.75, 3.05) is 10.8 Å². The van der Waals surface area contributed by atoms with Gasteiger partial charge >= 0.3 is 0 Å². The second-order valence-electron chi connectivity index (χ2n) is 4.44. The molecule has 100 valence electrons. The van der Waals surface area contributed by atoms with Crippen molar-refractivity contribution in [2.45, 2.75) is 18.2 Å². The Bertz CT molecular complexity index is 726. The van der Waals surface area contributed by atoms with Gasteiger partial charge in [-0.25, -0.2) is 8.42 Å². The van der Waals surface area contributed by atoms with Crippen LogP contribution >= 0.6 is 15.9 Å². The number of rotatable bonds is 2. The summed E-state index contributed by atoms with van der Waals surface area (Å²) in [6.07, 6.45) is 3.47. The molecule has 0 saturated carbocycles. The number of sulfonamides is 1. The highest BCUT2D eigenvalue weighted by Gasteiger charge is 2.33. The molecule has 0 fully saturated rings. The fourth-order valence-corrected chi connectivity index (χ4v) is 4.15. The van der Waals surface area contributed by atoms with E-state index < -0.39 is 10.0 Å². The van der Waals surface area contributed by atoms with Crippen molar-refractivity contribution in [2.24, 2.45) is 0 Å². The van der Waals surface area contributed by atoms with Crippen LogP contribution < -0.4 is 4.31 Å². The van der Waals surface area contributed by atoms with Crippen molar-refractivity contribution in [3.63, 3.8) is 0 Å². The van der Waals surface area contributed by atoms with Gasteiger partial charge < -0.3 is 0 Å². The van der Waals surface area contributed by atoms with Crippen molar-refractivity contribution >= 4 is 31.6 Å². The first-order chi connectivity index (χ1) is 9.01. The summed E-state index contributed by atoms with van der Waals surface area (Å²) >= 11 is 3.45. The molecule has 0 bridgehead atoms. The lowest BCUT2D eigenvalue weighted by Gasteiger charge is -2.20. The van der Waals surface area contributed by atoms with E-state index in [0.29, 0.717) is 6.54 Å². The molecule has 1 N–H and O–H groups in total. The largest absolute Gasteiger partial charge is 0.284 e. The summed E-state index contributed by atoms with van der Waals surface area (Å²) in [6, 6.07) is 3.93. The van der Waals surface area contributed by atoms with Gasteiger partial charge in [-0.2, -0.15) is 5.10 Å². The Hall–Kier alpha value is -1.34. The molecule has 0 aliphatic carbocycles. The van der Waals surface area contributed by atoms with Crippen LogP contribution in [0.2, 0.25) is 0 Å². The lowest BCUT2D eigenvalue weighted by Crippen LogP contribution is -2.29. The standard InChI is InChI=1S/C12H12BrN3O2S/c1-8-11(13)3-2-9-4-5-16(12(8)9)19(17,18)10-6-14-15-7-10/h2-3,6-7H,4-5H2,1H3,(H,14,15). The number of hydrogen-bond donors (Lipinski definition) is 1. The number of hydrogen-bond acceptors (Lipinski definition) is 3. The number of halogens is 1. The van der Waals surface area contributed by atoms with Crippen LogP contribution in [0.4, 0.5) is 5.69 Å². The number of nitrogens with zero attached hydrogens (tertiary/aromatic N) is 2. The first-order valence-electron chi connectivity index (χ1n) is 5.81. The topological polar surface area (TPSA) is 66.1 Å². The van der Waals surface area contributed by atoms with Crippen LogP contribution in [-0.4, -0.2) is 25.2 Å². The monoisotopic (exact) mass is 341 g/mol. The van der Waals surface area contributed by atoms with Gasteiger partial charge in [-0.15, -0.1) is 0 Å². The Morgan fingerprint density at radius 3 is 2.89 bits per heavy atom. The van der Waals surface area contributed by atoms with Crippen molar-refractivity contribution in [3.05, 3.63) is 40.1 Å². The van der Waals surface area contributed by atoms with E-state index in [1.165, 1.54) is 16.7 Å². The number of anilines is 1. The van der Waals surface area contributed by atoms with Crippen LogP contribution in [0.25, 0.3) is 0 Å². The van der Waals surface area contributed by atoms with E-state index in [0.717, 1.165) is 27.7 Å². The Morgan fingerprint density at radius 2 is 2.21 bits per heavy atom. The average Bonchev–Trinajstić information content (AvgIpc) is 3.02. The number of aromatic nitrogens is 2. The van der Waals surface area contributed by atoms with Crippen LogP contribution in [0.15, 0.2) is 33.9 Å². The minimum Gasteiger partial charge on any atom is -0.284 e. The molecular formula is C12H12BrN3O2S. The fourth-order valence-electron chi connectivity index (χ4n) is 2.36. The molecule has 5 nitrogen and oxygen atoms in total. The number of aromatic amines is 1. The average molecular weight is 342 g/mol. The summed E-state index contributed by atoms with van der Waals surface area (Å²) in [6.45, 7) is 2.40. The van der Waals surface area contributed by atoms with Crippen molar-refractivity contribution < 1.29 is 8.42 Å². The zero-order valence-electron chi connectivity index (χ0n) is 10.2. The maximum absolute atomic E-state index is 12.6. The zero-order valence-corrected chi connectivity index (χ0v) is 12.6. The molecule has 1 aliphatic rings. The predicted octanol–water partition coefficient (Wildman–Crippen LogP) is 2.23. The minimum absolute atomic E-state index is 0.194. The molecule has 3 rings (SSSR count). The Kier molecular flexibility index (Phi) is 2.90. The highest BCUT2D eigenvalue weighted by atomic mass is 79.9. The molecule has 2 aromatic rings. The molecule has 19 heavy (non-hydrogen) atoms. The number of H-pyrrole nitrogens is 1. The molecule has 1 aromatic carbocycles. The first kappa shape index (κ1) is 12.7. The van der Waals surface area contributed by atoms with Crippen LogP contribution in [0.3, 0.4) is 0 Å². The van der Waals surface area contributed by atoms with E-state index >= 15 is 0 Å². The SMILES string of the molecule is Cc1c(Br)ccc2c1N(S(=O)(=O)c1cn[nH]c1)CC2. The third-order valence-electron chi connectivity index (χ3n) is 3.34. The van der Waals surface area contributed by atoms with Gasteiger partial charge in [0.25, 0.3) is 10.0 Å². The molecule has 0 radical (unpaired) electrons. The van der Waals surface area contributed by atoms with Crippen molar-refractivity contribution in [3.8, 4) is 0 Å². The third kappa shape index (κ3) is 1.88. The van der Waals surface area contributed by atoms with Crippen LogP contribution in [0, 0.1) is 6.92 Å². The smallest absolute Gasteiger partial charge is 0.267 e. The van der Waals surface area contributed by atoms with Gasteiger partial charge in [0.05, 0.1) is 11.9 Å². The van der Waals surface area contributed by atoms with Gasteiger partial charge in [0.1, 0.15) is 4.90 Å². The molecule has 0 spiro atoms. The summed E-state index contributed by atoms with van der Waals surface area (Å²) in [4.78, 5) is 0.194. The van der Waals surface area contributed by atoms with Gasteiger partial charge in [0.2, 0.25) is 0 Å². The second kappa shape index (κ2) is 4.35. The molecule has 1 aliphatic heterocycles. The minimum atomic E-state index is -3.53. The summed E-state index contributed by atoms with van der Waals surface area (Å²) in [7, 11) is -3.53. The van der Waals surface area contributed by atoms with Gasteiger partial charge in [0.15, 0.2) is 0 Å². The predicted molar refractivity (Wildman–Crippen MR) is 75.7 cm³/mol. The summed E-state index contributed by atoms with van der Waals surface area (Å²) in [5, 5.41) is 6.26. The van der Waals surface area contributed by atoms with Gasteiger partial charge in [-0.1, -0.05) is 22.0 Å². The molecular weight excluding hydrogens is 330 g/mol. The van der Waals surface area contributed by atoms with Crippen molar-refractivity contribution in [1.82, 2.24) is 10.2 Å². The quantitative estimate of drug-likeness (QED) is 0.910. The van der Waals surface area contributed by atoms with E-state index in [-0.39, 0.29) is 4.90 Å². The first-order valence-corrected chi connectivity index (χ1v) is 8.04. The molecule has 7 heteroatoms. The fraction of sp³-hybridized carbons (Fsp3) is 0.250. The maximum atomic E-state index is 12.6. The van der Waals surface area contributed by atoms with Crippen LogP contribution in [0.5, 0.6) is 0 Å². The maximum Gasteiger partial charge on any atom is 0.267 e. The Morgan fingerprint density at radius 1 is 1.42 bits per heavy atom. The number of nitrogens with one attached hydrogen (secondary N) is 1. The Balaban J connectivity index is 2.16. The molecule has 0 atom stereocenters. The van der Waals surface area contributed by atoms with E-state index in [2.05, 4.69) is 26.1 Å². The molecule has 1 aromatic heterocycles. The summed E-state index contributed by atoms with van der Waals surface area (Å²) < 4.78 is 27.5. The summed E-state index contributed by atoms with van der Waals surface area (Å²) in [5.74, 6) is 0. The molecule has 0 saturated heterocycles. The van der Waals surface area contributed by atoms with E-state index in [1.54, 1.807) is 0 Å². The second-order valence-corrected chi connectivity index (χ2v) is 7.16. The van der Waals surface area contributed by atoms with Gasteiger partial charge in [-0.3, -0.25) is 9.40 Å². The van der Waals surface area contributed by atoms with Crippen molar-refractivity contribution in [1.29, 1.82) is 0 Å². The molecule has 2 heterocycles. The van der Waals surface area contributed by atoms with E-state index in [9.17, 15) is 8.42 Å².